The van der Waals surface area contributed by atoms with Crippen LogP contribution in [-0.4, -0.2) is 5.98 Å². The first kappa shape index (κ1) is 23.7. The van der Waals surface area contributed by atoms with E-state index in [1.165, 1.54) is 16.8 Å². The topological polar surface area (TPSA) is 12.0 Å². The minimum atomic E-state index is -1.96. The third kappa shape index (κ3) is 5.34. The normalized spacial score (nSPS) is 15.1. The molecule has 1 unspecified atom stereocenters. The zero-order chi connectivity index (χ0) is 17.3. The van der Waals surface area contributed by atoms with Gasteiger partial charge in [-0.3, -0.25) is 0 Å². The first-order chi connectivity index (χ1) is 11.4. The van der Waals surface area contributed by atoms with E-state index in [9.17, 15) is 0 Å². The number of benzene rings is 2. The Labute approximate surface area is 180 Å². The summed E-state index contributed by atoms with van der Waals surface area (Å²) in [6.07, 6.45) is 4.83. The van der Waals surface area contributed by atoms with Gasteiger partial charge in [0.2, 0.25) is 0 Å². The van der Waals surface area contributed by atoms with Crippen LogP contribution in [0.2, 0.25) is 13.1 Å². The molecule has 2 aromatic carbocycles. The van der Waals surface area contributed by atoms with Crippen molar-refractivity contribution >= 4 is 17.7 Å². The van der Waals surface area contributed by atoms with Gasteiger partial charge in [-0.25, -0.2) is 0 Å². The van der Waals surface area contributed by atoms with Gasteiger partial charge >= 0.3 is 156 Å². The van der Waals surface area contributed by atoms with Gasteiger partial charge in [-0.15, -0.1) is 0 Å². The molecule has 1 atom stereocenters. The van der Waals surface area contributed by atoms with Gasteiger partial charge in [-0.05, 0) is 0 Å². The Balaban J connectivity index is 0.00000169. The van der Waals surface area contributed by atoms with Gasteiger partial charge in [0.25, 0.3) is 0 Å². The molecule has 1 aliphatic carbocycles. The number of allylic oxidation sites excluding steroid dienone is 1. The Kier molecular flexibility index (Phi) is 8.86. The molecule has 0 spiro atoms. The van der Waals surface area contributed by atoms with Crippen LogP contribution in [0.3, 0.4) is 0 Å². The monoisotopic (exact) mass is 572 g/mol. The average molecular weight is 572 g/mol. The molecule has 0 amide bonds. The summed E-state index contributed by atoms with van der Waals surface area (Å²) in [6.45, 7) is 12.0. The molecule has 0 fully saturated rings. The van der Waals surface area contributed by atoms with Crippen LogP contribution in [-0.2, 0) is 26.3 Å². The van der Waals surface area contributed by atoms with Crippen molar-refractivity contribution in [2.45, 2.75) is 43.0 Å². The van der Waals surface area contributed by atoms with Gasteiger partial charge in [-0.1, -0.05) is 0 Å². The number of halogens is 2. The van der Waals surface area contributed by atoms with Gasteiger partial charge in [0, 0.05) is 0 Å². The third-order valence-electron chi connectivity index (χ3n) is 4.77. The summed E-state index contributed by atoms with van der Waals surface area (Å²) in [5, 5.41) is 0. The van der Waals surface area contributed by atoms with E-state index >= 15 is 0 Å². The fourth-order valence-corrected chi connectivity index (χ4v) is 24.5. The zero-order valence-electron chi connectivity index (χ0n) is 16.2. The molecule has 0 heterocycles. The van der Waals surface area contributed by atoms with Crippen LogP contribution >= 0.6 is 0 Å². The molecule has 0 bridgehead atoms. The number of hydrogen-bond acceptors (Lipinski definition) is 1. The molecular formula is C21H28Cl2HfNSi. The fraction of sp³-hybridized carbons (Fsp3) is 0.333. The van der Waals surface area contributed by atoms with Crippen molar-refractivity contribution < 1.29 is 45.7 Å². The predicted molar refractivity (Wildman–Crippen MR) is 106 cm³/mol. The van der Waals surface area contributed by atoms with E-state index in [0.29, 0.717) is 3.67 Å². The smallest absolute Gasteiger partial charge is 1.00 e. The standard InChI is InChI=1S/C10H14N.C9H7.C2H7Si.2ClH.Hf/c1-10(2,3)8-5-4-6-9(11)7-8;1-2-5-9-7-3-6-8(9)4-1;1-3-2;;;/h4-7,11H,1-3H3;1-7H;3H,1-2H3;2*1H;/q-1;;;;;+3/p-2. The quantitative estimate of drug-likeness (QED) is 0.497. The van der Waals surface area contributed by atoms with Crippen LogP contribution in [0.15, 0.2) is 54.6 Å². The number of anilines is 1. The number of rotatable bonds is 4. The van der Waals surface area contributed by atoms with E-state index in [4.69, 9.17) is 0 Å². The van der Waals surface area contributed by atoms with Crippen molar-refractivity contribution in [1.82, 2.24) is 0 Å². The van der Waals surface area contributed by atoms with Gasteiger partial charge < -0.3 is 24.8 Å². The van der Waals surface area contributed by atoms with E-state index in [2.05, 4.69) is 97.9 Å². The second kappa shape index (κ2) is 9.72. The van der Waals surface area contributed by atoms with Crippen molar-refractivity contribution in [2.75, 3.05) is 3.30 Å². The minimum absolute atomic E-state index is 0. The summed E-state index contributed by atoms with van der Waals surface area (Å²) < 4.78 is 4.80. The molecule has 2 aromatic rings. The summed E-state index contributed by atoms with van der Waals surface area (Å²) >= 11 is -1.96. The molecule has 0 aromatic heterocycles. The molecule has 139 valence electrons. The van der Waals surface area contributed by atoms with E-state index in [1.807, 2.05) is 0 Å². The molecule has 1 aliphatic rings. The van der Waals surface area contributed by atoms with Crippen LogP contribution in [0.5, 0.6) is 0 Å². The van der Waals surface area contributed by atoms with Crippen molar-refractivity contribution in [3.8, 4) is 0 Å². The second-order valence-electron chi connectivity index (χ2n) is 8.03. The SMILES string of the molecule is C[SiH](C)[Hf+2]([NH]c1cccc(C(C)(C)C)c1)[CH]1C=Cc2ccccc21.[Cl-].[Cl-]. The first-order valence-electron chi connectivity index (χ1n) is 8.87. The maximum Gasteiger partial charge on any atom is -1.00 e. The summed E-state index contributed by atoms with van der Waals surface area (Å²) in [6, 6.07) is 18.1. The molecule has 0 radical (unpaired) electrons. The maximum absolute atomic E-state index is 4.10. The van der Waals surface area contributed by atoms with Gasteiger partial charge in [-0.2, -0.15) is 0 Å². The summed E-state index contributed by atoms with van der Waals surface area (Å²) in [5.41, 5.74) is 5.98. The molecular weight excluding hydrogens is 544 g/mol. The Hall–Kier alpha value is -0.353. The molecule has 3 rings (SSSR count). The Bertz CT molecular complexity index is 756. The third-order valence-corrected chi connectivity index (χ3v) is 29.8. The van der Waals surface area contributed by atoms with Crippen molar-refractivity contribution in [3.05, 3.63) is 71.3 Å². The zero-order valence-corrected chi connectivity index (χ0v) is 22.4. The fourth-order valence-electron chi connectivity index (χ4n) is 3.33. The van der Waals surface area contributed by atoms with E-state index in [1.54, 1.807) is 5.56 Å². The van der Waals surface area contributed by atoms with E-state index in [-0.39, 0.29) is 30.2 Å². The van der Waals surface area contributed by atoms with E-state index < -0.39 is 26.9 Å². The molecule has 5 heteroatoms. The Morgan fingerprint density at radius 2 is 1.65 bits per heavy atom. The second-order valence-corrected chi connectivity index (χ2v) is 34.3. The van der Waals surface area contributed by atoms with Crippen molar-refractivity contribution in [2.24, 2.45) is 0 Å². The average Bonchev–Trinajstić information content (AvgIpc) is 2.95. The Morgan fingerprint density at radius 3 is 2.31 bits per heavy atom. The first-order valence-corrected chi connectivity index (χ1v) is 21.9. The van der Waals surface area contributed by atoms with Gasteiger partial charge in [0.1, 0.15) is 0 Å². The van der Waals surface area contributed by atoms with Crippen LogP contribution in [0.25, 0.3) is 6.08 Å². The predicted octanol–water partition coefficient (Wildman–Crippen LogP) is -0.311. The summed E-state index contributed by atoms with van der Waals surface area (Å²) in [4.78, 5) is 0. The number of nitrogens with one attached hydrogen (secondary N) is 1. The number of fused-ring (bicyclic) bond motifs is 1. The van der Waals surface area contributed by atoms with Crippen molar-refractivity contribution in [1.29, 1.82) is 0 Å². The van der Waals surface area contributed by atoms with Crippen LogP contribution in [0.4, 0.5) is 5.69 Å². The summed E-state index contributed by atoms with van der Waals surface area (Å²) in [5.74, 6) is -0.674. The maximum atomic E-state index is 4.10. The largest absolute Gasteiger partial charge is 1.00 e. The van der Waals surface area contributed by atoms with E-state index in [0.717, 1.165) is 0 Å². The number of hydrogen-bond donors (Lipinski definition) is 1. The molecule has 0 saturated carbocycles. The van der Waals surface area contributed by atoms with Gasteiger partial charge in [0.15, 0.2) is 0 Å². The minimum Gasteiger partial charge on any atom is -1.00 e. The Morgan fingerprint density at radius 1 is 0.962 bits per heavy atom. The van der Waals surface area contributed by atoms with Crippen molar-refractivity contribution in [3.63, 3.8) is 0 Å². The van der Waals surface area contributed by atoms with Crippen LogP contribution < -0.4 is 28.1 Å². The van der Waals surface area contributed by atoms with Crippen LogP contribution in [0, 0.1) is 0 Å². The molecule has 0 saturated heterocycles. The molecule has 1 N–H and O–H groups in total. The van der Waals surface area contributed by atoms with Crippen LogP contribution in [0.1, 0.15) is 41.1 Å². The molecule has 1 nitrogen and oxygen atoms in total. The molecule has 26 heavy (non-hydrogen) atoms. The molecule has 0 aliphatic heterocycles. The van der Waals surface area contributed by atoms with Gasteiger partial charge in [0.05, 0.1) is 0 Å². The summed E-state index contributed by atoms with van der Waals surface area (Å²) in [7, 11) is 0.